The van der Waals surface area contributed by atoms with Gasteiger partial charge in [0.1, 0.15) is 0 Å². The molecule has 0 amide bonds. The molecule has 1 atom stereocenters. The van der Waals surface area contributed by atoms with Crippen molar-refractivity contribution in [3.8, 4) is 0 Å². The fraction of sp³-hybridized carbons (Fsp3) is 0.294. The number of aryl methyl sites for hydroxylation is 1. The van der Waals surface area contributed by atoms with Crippen molar-refractivity contribution in [1.82, 2.24) is 5.32 Å². The average molecular weight is 301 g/mol. The molecule has 0 aliphatic carbocycles. The Bertz CT molecular complexity index is 696. The van der Waals surface area contributed by atoms with Gasteiger partial charge in [0.15, 0.2) is 0 Å². The van der Waals surface area contributed by atoms with E-state index in [2.05, 4.69) is 59.6 Å². The predicted octanol–water partition coefficient (Wildman–Crippen LogP) is 5.16. The topological polar surface area (TPSA) is 12.0 Å². The van der Waals surface area contributed by atoms with Gasteiger partial charge in [-0.1, -0.05) is 25.1 Å². The molecule has 0 radical (unpaired) electrons. The first kappa shape index (κ1) is 13.8. The highest BCUT2D eigenvalue weighted by Crippen LogP contribution is 2.31. The zero-order valence-electron chi connectivity index (χ0n) is 11.8. The molecule has 2 heterocycles. The SMILES string of the molecule is CCNC(Cc1csc2ccccc12)c1cscc1C. The molecule has 104 valence electrons. The molecule has 3 heteroatoms. The maximum Gasteiger partial charge on any atom is 0.0372 e. The Morgan fingerprint density at radius 3 is 2.75 bits per heavy atom. The third kappa shape index (κ3) is 2.66. The molecule has 0 saturated carbocycles. The number of likely N-dealkylation sites (N-methyl/N-ethyl adjacent to an activating group) is 1. The number of hydrogen-bond acceptors (Lipinski definition) is 3. The highest BCUT2D eigenvalue weighted by atomic mass is 32.1. The minimum Gasteiger partial charge on any atom is -0.310 e. The maximum atomic E-state index is 3.64. The number of hydrogen-bond donors (Lipinski definition) is 1. The summed E-state index contributed by atoms with van der Waals surface area (Å²) in [6, 6.07) is 9.13. The van der Waals surface area contributed by atoms with Crippen LogP contribution in [0.2, 0.25) is 0 Å². The van der Waals surface area contributed by atoms with Crippen molar-refractivity contribution in [2.75, 3.05) is 6.54 Å². The van der Waals surface area contributed by atoms with Gasteiger partial charge < -0.3 is 5.32 Å². The molecule has 0 aliphatic heterocycles. The molecule has 3 aromatic rings. The summed E-state index contributed by atoms with van der Waals surface area (Å²) in [6.07, 6.45) is 1.06. The van der Waals surface area contributed by atoms with Crippen LogP contribution in [0.15, 0.2) is 40.4 Å². The molecule has 0 bridgehead atoms. The van der Waals surface area contributed by atoms with Gasteiger partial charge in [-0.3, -0.25) is 0 Å². The molecule has 1 nitrogen and oxygen atoms in total. The first-order valence-corrected chi connectivity index (χ1v) is 8.83. The second kappa shape index (κ2) is 6.08. The normalized spacial score (nSPS) is 12.9. The zero-order chi connectivity index (χ0) is 13.9. The Morgan fingerprint density at radius 2 is 2.00 bits per heavy atom. The van der Waals surface area contributed by atoms with Crippen LogP contribution in [0.5, 0.6) is 0 Å². The lowest BCUT2D eigenvalue weighted by atomic mass is 9.98. The third-order valence-electron chi connectivity index (χ3n) is 3.71. The Kier molecular flexibility index (Phi) is 4.20. The first-order chi connectivity index (χ1) is 9.79. The molecule has 1 N–H and O–H groups in total. The summed E-state index contributed by atoms with van der Waals surface area (Å²) in [5.74, 6) is 0. The molecule has 3 rings (SSSR count). The Morgan fingerprint density at radius 1 is 1.15 bits per heavy atom. The van der Waals surface area contributed by atoms with Crippen molar-refractivity contribution in [1.29, 1.82) is 0 Å². The van der Waals surface area contributed by atoms with E-state index in [1.165, 1.54) is 26.8 Å². The summed E-state index contributed by atoms with van der Waals surface area (Å²) in [4.78, 5) is 0. The van der Waals surface area contributed by atoms with Crippen LogP contribution in [0.1, 0.15) is 29.7 Å². The molecule has 0 spiro atoms. The quantitative estimate of drug-likeness (QED) is 0.686. The average Bonchev–Trinajstić information content (AvgIpc) is 3.05. The summed E-state index contributed by atoms with van der Waals surface area (Å²) >= 11 is 3.65. The van der Waals surface area contributed by atoms with Gasteiger partial charge >= 0.3 is 0 Å². The number of benzene rings is 1. The molecular formula is C17H19NS2. The van der Waals surface area contributed by atoms with Gasteiger partial charge in [-0.05, 0) is 64.2 Å². The minimum atomic E-state index is 0.421. The zero-order valence-corrected chi connectivity index (χ0v) is 13.5. The summed E-state index contributed by atoms with van der Waals surface area (Å²) in [6.45, 7) is 5.39. The van der Waals surface area contributed by atoms with Crippen LogP contribution < -0.4 is 5.32 Å². The predicted molar refractivity (Wildman–Crippen MR) is 91.0 cm³/mol. The third-order valence-corrected chi connectivity index (χ3v) is 5.60. The lowest BCUT2D eigenvalue weighted by Gasteiger charge is -2.18. The molecule has 2 aromatic heterocycles. The van der Waals surface area contributed by atoms with E-state index in [9.17, 15) is 0 Å². The highest BCUT2D eigenvalue weighted by Gasteiger charge is 2.16. The Balaban J connectivity index is 1.92. The lowest BCUT2D eigenvalue weighted by molar-refractivity contribution is 0.551. The van der Waals surface area contributed by atoms with Gasteiger partial charge in [0.05, 0.1) is 0 Å². The van der Waals surface area contributed by atoms with E-state index in [0.717, 1.165) is 13.0 Å². The number of thiophene rings is 2. The van der Waals surface area contributed by atoms with Gasteiger partial charge in [-0.2, -0.15) is 11.3 Å². The summed E-state index contributed by atoms with van der Waals surface area (Å²) in [5.41, 5.74) is 4.31. The number of rotatable bonds is 5. The van der Waals surface area contributed by atoms with Crippen molar-refractivity contribution < 1.29 is 0 Å². The standard InChI is InChI=1S/C17H19NS2/c1-3-18-16(15-11-19-9-12(15)2)8-13-10-20-17-7-5-4-6-14(13)17/h4-7,9-11,16,18H,3,8H2,1-2H3. The molecule has 1 aromatic carbocycles. The lowest BCUT2D eigenvalue weighted by Crippen LogP contribution is -2.23. The highest BCUT2D eigenvalue weighted by molar-refractivity contribution is 7.17. The fourth-order valence-corrected chi connectivity index (χ4v) is 4.56. The van der Waals surface area contributed by atoms with Gasteiger partial charge in [-0.15, -0.1) is 11.3 Å². The largest absolute Gasteiger partial charge is 0.310 e. The number of nitrogens with one attached hydrogen (secondary N) is 1. The molecule has 20 heavy (non-hydrogen) atoms. The maximum absolute atomic E-state index is 3.64. The van der Waals surface area contributed by atoms with Crippen LogP contribution in [-0.4, -0.2) is 6.54 Å². The summed E-state index contributed by atoms with van der Waals surface area (Å²) in [7, 11) is 0. The van der Waals surface area contributed by atoms with Crippen molar-refractivity contribution in [3.05, 3.63) is 57.1 Å². The van der Waals surface area contributed by atoms with Crippen molar-refractivity contribution in [2.45, 2.75) is 26.3 Å². The minimum absolute atomic E-state index is 0.421. The van der Waals surface area contributed by atoms with Crippen molar-refractivity contribution in [3.63, 3.8) is 0 Å². The van der Waals surface area contributed by atoms with E-state index in [1.807, 2.05) is 11.3 Å². The second-order valence-electron chi connectivity index (χ2n) is 5.08. The van der Waals surface area contributed by atoms with Crippen LogP contribution in [0.3, 0.4) is 0 Å². The van der Waals surface area contributed by atoms with Crippen LogP contribution in [0.4, 0.5) is 0 Å². The summed E-state index contributed by atoms with van der Waals surface area (Å²) < 4.78 is 1.39. The van der Waals surface area contributed by atoms with Crippen molar-refractivity contribution in [2.24, 2.45) is 0 Å². The van der Waals surface area contributed by atoms with Gasteiger partial charge in [0, 0.05) is 10.7 Å². The van der Waals surface area contributed by atoms with Gasteiger partial charge in [-0.25, -0.2) is 0 Å². The Labute approximate surface area is 128 Å². The monoisotopic (exact) mass is 301 g/mol. The first-order valence-electron chi connectivity index (χ1n) is 7.00. The van der Waals surface area contributed by atoms with Gasteiger partial charge in [0.25, 0.3) is 0 Å². The van der Waals surface area contributed by atoms with E-state index >= 15 is 0 Å². The van der Waals surface area contributed by atoms with Gasteiger partial charge in [0.2, 0.25) is 0 Å². The van der Waals surface area contributed by atoms with E-state index in [0.29, 0.717) is 6.04 Å². The summed E-state index contributed by atoms with van der Waals surface area (Å²) in [5, 5.41) is 11.9. The molecule has 1 unspecified atom stereocenters. The van der Waals surface area contributed by atoms with E-state index in [4.69, 9.17) is 0 Å². The van der Waals surface area contributed by atoms with Crippen LogP contribution in [-0.2, 0) is 6.42 Å². The van der Waals surface area contributed by atoms with E-state index in [-0.39, 0.29) is 0 Å². The van der Waals surface area contributed by atoms with Crippen LogP contribution >= 0.6 is 22.7 Å². The van der Waals surface area contributed by atoms with Crippen LogP contribution in [0, 0.1) is 6.92 Å². The fourth-order valence-electron chi connectivity index (χ4n) is 2.68. The van der Waals surface area contributed by atoms with E-state index in [1.54, 1.807) is 11.3 Å². The molecule has 0 fully saturated rings. The van der Waals surface area contributed by atoms with E-state index < -0.39 is 0 Å². The second-order valence-corrected chi connectivity index (χ2v) is 6.74. The Hall–Kier alpha value is -1.16. The molecule has 0 aliphatic rings. The van der Waals surface area contributed by atoms with Crippen molar-refractivity contribution >= 4 is 32.8 Å². The molecule has 0 saturated heterocycles. The number of fused-ring (bicyclic) bond motifs is 1. The van der Waals surface area contributed by atoms with Crippen LogP contribution in [0.25, 0.3) is 10.1 Å². The smallest absolute Gasteiger partial charge is 0.0372 e. The molecular weight excluding hydrogens is 282 g/mol.